The van der Waals surface area contributed by atoms with Crippen LogP contribution in [-0.4, -0.2) is 5.16 Å². The van der Waals surface area contributed by atoms with Gasteiger partial charge in [0.1, 0.15) is 11.5 Å². The molecule has 0 fully saturated rings. The Morgan fingerprint density at radius 1 is 1.44 bits per heavy atom. The highest BCUT2D eigenvalue weighted by atomic mass is 35.5. The Bertz CT molecular complexity index is 496. The van der Waals surface area contributed by atoms with E-state index in [4.69, 9.17) is 21.9 Å². The SMILES string of the molecule is Cc1cc(CNc2cc(Cl)ccc2N)no1. The molecule has 4 nitrogen and oxygen atoms in total. The lowest BCUT2D eigenvalue weighted by Crippen LogP contribution is -2.02. The van der Waals surface area contributed by atoms with E-state index in [9.17, 15) is 0 Å². The van der Waals surface area contributed by atoms with Crippen molar-refractivity contribution in [3.63, 3.8) is 0 Å². The minimum Gasteiger partial charge on any atom is -0.397 e. The summed E-state index contributed by atoms with van der Waals surface area (Å²) in [6.07, 6.45) is 0. The zero-order chi connectivity index (χ0) is 11.5. The van der Waals surface area contributed by atoms with Crippen LogP contribution in [0.3, 0.4) is 0 Å². The fourth-order valence-electron chi connectivity index (χ4n) is 1.37. The summed E-state index contributed by atoms with van der Waals surface area (Å²) in [6.45, 7) is 2.41. The van der Waals surface area contributed by atoms with Gasteiger partial charge in [-0.3, -0.25) is 0 Å². The molecule has 0 radical (unpaired) electrons. The third-order valence-corrected chi connectivity index (χ3v) is 2.39. The van der Waals surface area contributed by atoms with Crippen LogP contribution < -0.4 is 11.1 Å². The van der Waals surface area contributed by atoms with Crippen LogP contribution in [0.1, 0.15) is 11.5 Å². The van der Waals surface area contributed by atoms with Crippen LogP contribution in [0.15, 0.2) is 28.8 Å². The van der Waals surface area contributed by atoms with Crippen LogP contribution in [-0.2, 0) is 6.54 Å². The van der Waals surface area contributed by atoms with Gasteiger partial charge in [-0.05, 0) is 25.1 Å². The van der Waals surface area contributed by atoms with E-state index in [0.717, 1.165) is 17.1 Å². The van der Waals surface area contributed by atoms with Crippen LogP contribution in [0.2, 0.25) is 5.02 Å². The fourth-order valence-corrected chi connectivity index (χ4v) is 1.54. The molecular formula is C11H12ClN3O. The maximum Gasteiger partial charge on any atom is 0.133 e. The number of hydrogen-bond acceptors (Lipinski definition) is 4. The molecule has 0 aliphatic carbocycles. The summed E-state index contributed by atoms with van der Waals surface area (Å²) in [6, 6.07) is 7.17. The van der Waals surface area contributed by atoms with Crippen molar-refractivity contribution in [1.82, 2.24) is 5.16 Å². The van der Waals surface area contributed by atoms with Crippen LogP contribution in [0.25, 0.3) is 0 Å². The number of halogens is 1. The molecule has 0 amide bonds. The van der Waals surface area contributed by atoms with Gasteiger partial charge in [-0.15, -0.1) is 0 Å². The maximum atomic E-state index is 5.87. The molecule has 5 heteroatoms. The summed E-state index contributed by atoms with van der Waals surface area (Å²) >= 11 is 5.87. The second kappa shape index (κ2) is 4.45. The van der Waals surface area contributed by atoms with Crippen molar-refractivity contribution >= 4 is 23.0 Å². The largest absolute Gasteiger partial charge is 0.397 e. The van der Waals surface area contributed by atoms with Gasteiger partial charge in [0, 0.05) is 11.1 Å². The average molecular weight is 238 g/mol. The number of hydrogen-bond donors (Lipinski definition) is 2. The molecule has 0 spiro atoms. The average Bonchev–Trinajstić information content (AvgIpc) is 2.66. The van der Waals surface area contributed by atoms with Crippen molar-refractivity contribution in [2.45, 2.75) is 13.5 Å². The molecule has 1 aromatic carbocycles. The van der Waals surface area contributed by atoms with Crippen LogP contribution in [0, 0.1) is 6.92 Å². The van der Waals surface area contributed by atoms with E-state index in [2.05, 4.69) is 10.5 Å². The lowest BCUT2D eigenvalue weighted by atomic mass is 10.2. The Kier molecular flexibility index (Phi) is 3.01. The van der Waals surface area contributed by atoms with Gasteiger partial charge in [0.25, 0.3) is 0 Å². The minimum absolute atomic E-state index is 0.557. The van der Waals surface area contributed by atoms with Gasteiger partial charge in [0.2, 0.25) is 0 Å². The normalized spacial score (nSPS) is 10.4. The molecule has 84 valence electrons. The first-order chi connectivity index (χ1) is 7.65. The predicted octanol–water partition coefficient (Wildman–Crippen LogP) is 2.83. The van der Waals surface area contributed by atoms with Crippen molar-refractivity contribution in [3.8, 4) is 0 Å². The Morgan fingerprint density at radius 3 is 2.94 bits per heavy atom. The molecular weight excluding hydrogens is 226 g/mol. The molecule has 0 aliphatic rings. The zero-order valence-corrected chi connectivity index (χ0v) is 9.58. The first-order valence-electron chi connectivity index (χ1n) is 4.86. The van der Waals surface area contributed by atoms with E-state index in [0.29, 0.717) is 17.3 Å². The maximum absolute atomic E-state index is 5.87. The van der Waals surface area contributed by atoms with E-state index in [1.54, 1.807) is 18.2 Å². The highest BCUT2D eigenvalue weighted by molar-refractivity contribution is 6.31. The Morgan fingerprint density at radius 2 is 2.25 bits per heavy atom. The summed E-state index contributed by atoms with van der Waals surface area (Å²) in [5, 5.41) is 7.67. The molecule has 1 aromatic heterocycles. The van der Waals surface area contributed by atoms with Gasteiger partial charge in [-0.1, -0.05) is 16.8 Å². The molecule has 0 atom stereocenters. The Balaban J connectivity index is 2.07. The van der Waals surface area contributed by atoms with E-state index in [-0.39, 0.29) is 0 Å². The quantitative estimate of drug-likeness (QED) is 0.806. The summed E-state index contributed by atoms with van der Waals surface area (Å²) in [5.41, 5.74) is 8.08. The highest BCUT2D eigenvalue weighted by Gasteiger charge is 2.03. The minimum atomic E-state index is 0.557. The fraction of sp³-hybridized carbons (Fsp3) is 0.182. The van der Waals surface area contributed by atoms with Gasteiger partial charge in [0.05, 0.1) is 17.9 Å². The lowest BCUT2D eigenvalue weighted by molar-refractivity contribution is 0.391. The van der Waals surface area contributed by atoms with Crippen LogP contribution >= 0.6 is 11.6 Å². The second-order valence-corrected chi connectivity index (χ2v) is 3.95. The predicted molar refractivity (Wildman–Crippen MR) is 64.4 cm³/mol. The monoisotopic (exact) mass is 237 g/mol. The van der Waals surface area contributed by atoms with E-state index in [1.807, 2.05) is 13.0 Å². The van der Waals surface area contributed by atoms with Crippen molar-refractivity contribution in [2.24, 2.45) is 0 Å². The number of nitrogen functional groups attached to an aromatic ring is 1. The molecule has 16 heavy (non-hydrogen) atoms. The smallest absolute Gasteiger partial charge is 0.133 e. The van der Waals surface area contributed by atoms with Gasteiger partial charge < -0.3 is 15.6 Å². The number of nitrogens with zero attached hydrogens (tertiary/aromatic N) is 1. The summed E-state index contributed by atoms with van der Waals surface area (Å²) in [5.74, 6) is 0.788. The molecule has 0 saturated heterocycles. The van der Waals surface area contributed by atoms with Gasteiger partial charge in [-0.2, -0.15) is 0 Å². The van der Waals surface area contributed by atoms with Gasteiger partial charge in [-0.25, -0.2) is 0 Å². The molecule has 0 bridgehead atoms. The molecule has 2 rings (SSSR count). The Labute approximate surface area is 98.4 Å². The van der Waals surface area contributed by atoms with E-state index >= 15 is 0 Å². The summed E-state index contributed by atoms with van der Waals surface area (Å²) in [7, 11) is 0. The molecule has 0 unspecified atom stereocenters. The lowest BCUT2D eigenvalue weighted by Gasteiger charge is -2.07. The van der Waals surface area contributed by atoms with Crippen molar-refractivity contribution in [1.29, 1.82) is 0 Å². The number of rotatable bonds is 3. The third kappa shape index (κ3) is 2.46. The number of aromatic nitrogens is 1. The molecule has 0 aliphatic heterocycles. The molecule has 2 aromatic rings. The highest BCUT2D eigenvalue weighted by Crippen LogP contribution is 2.23. The standard InChI is InChI=1S/C11H12ClN3O/c1-7-4-9(15-16-7)6-14-11-5-8(12)2-3-10(11)13/h2-5,14H,6,13H2,1H3. The zero-order valence-electron chi connectivity index (χ0n) is 8.83. The Hall–Kier alpha value is -1.68. The number of nitrogens with one attached hydrogen (secondary N) is 1. The van der Waals surface area contributed by atoms with Crippen molar-refractivity contribution in [2.75, 3.05) is 11.1 Å². The first kappa shape index (κ1) is 10.8. The van der Waals surface area contributed by atoms with Crippen LogP contribution in [0.5, 0.6) is 0 Å². The number of nitrogens with two attached hydrogens (primary N) is 1. The first-order valence-corrected chi connectivity index (χ1v) is 5.24. The second-order valence-electron chi connectivity index (χ2n) is 3.51. The molecule has 0 saturated carbocycles. The topological polar surface area (TPSA) is 64.1 Å². The summed E-state index contributed by atoms with van der Waals surface area (Å²) in [4.78, 5) is 0. The van der Waals surface area contributed by atoms with Gasteiger partial charge >= 0.3 is 0 Å². The van der Waals surface area contributed by atoms with Gasteiger partial charge in [0.15, 0.2) is 0 Å². The third-order valence-electron chi connectivity index (χ3n) is 2.15. The van der Waals surface area contributed by atoms with Crippen molar-refractivity contribution in [3.05, 3.63) is 40.7 Å². The molecule has 1 heterocycles. The molecule has 3 N–H and O–H groups in total. The summed E-state index contributed by atoms with van der Waals surface area (Å²) < 4.78 is 4.96. The number of benzene rings is 1. The van der Waals surface area contributed by atoms with E-state index in [1.165, 1.54) is 0 Å². The number of anilines is 2. The van der Waals surface area contributed by atoms with Crippen LogP contribution in [0.4, 0.5) is 11.4 Å². The van der Waals surface area contributed by atoms with E-state index < -0.39 is 0 Å². The van der Waals surface area contributed by atoms with Crippen molar-refractivity contribution < 1.29 is 4.52 Å². The number of aryl methyl sites for hydroxylation is 1.